The average Bonchev–Trinajstić information content (AvgIpc) is 2.70. The van der Waals surface area contributed by atoms with Crippen LogP contribution in [-0.4, -0.2) is 23.4 Å². The van der Waals surface area contributed by atoms with E-state index in [1.165, 1.54) is 0 Å². The summed E-state index contributed by atoms with van der Waals surface area (Å²) in [6.45, 7) is 0. The maximum atomic E-state index is 10.6. The number of nitrogens with zero attached hydrogens (tertiary/aromatic N) is 1. The molecular formula is C11H8BrClN2O2. The molecule has 0 unspecified atom stereocenters. The lowest BCUT2D eigenvalue weighted by Crippen LogP contribution is -1.86. The molecule has 0 aliphatic rings. The maximum absolute atomic E-state index is 10.6. The highest BCUT2D eigenvalue weighted by atomic mass is 79.9. The van der Waals surface area contributed by atoms with E-state index in [0.717, 1.165) is 5.56 Å². The largest absolute Gasteiger partial charge is 0.495 e. The second kappa shape index (κ2) is 4.89. The van der Waals surface area contributed by atoms with Crippen molar-refractivity contribution in [2.75, 3.05) is 7.11 Å². The number of halogens is 2. The number of hydrogen-bond donors (Lipinski definition) is 1. The quantitative estimate of drug-likeness (QED) is 0.884. The molecule has 1 aromatic carbocycles. The van der Waals surface area contributed by atoms with Crippen LogP contribution in [0.3, 0.4) is 0 Å². The minimum atomic E-state index is 0.263. The van der Waals surface area contributed by atoms with Gasteiger partial charge in [-0.25, -0.2) is 4.98 Å². The minimum Gasteiger partial charge on any atom is -0.495 e. The Balaban J connectivity index is 2.49. The van der Waals surface area contributed by atoms with Gasteiger partial charge in [0.1, 0.15) is 16.0 Å². The third-order valence-electron chi connectivity index (χ3n) is 2.21. The summed E-state index contributed by atoms with van der Waals surface area (Å²) in [5.41, 5.74) is 1.43. The summed E-state index contributed by atoms with van der Waals surface area (Å²) in [7, 11) is 1.55. The van der Waals surface area contributed by atoms with Crippen molar-refractivity contribution in [3.8, 4) is 17.0 Å². The molecule has 1 aromatic heterocycles. The van der Waals surface area contributed by atoms with Crippen molar-refractivity contribution in [1.82, 2.24) is 9.97 Å². The van der Waals surface area contributed by atoms with Gasteiger partial charge in [-0.05, 0) is 34.1 Å². The van der Waals surface area contributed by atoms with E-state index in [1.54, 1.807) is 19.2 Å². The van der Waals surface area contributed by atoms with Gasteiger partial charge < -0.3 is 9.72 Å². The average molecular weight is 316 g/mol. The molecule has 6 heteroatoms. The van der Waals surface area contributed by atoms with Crippen LogP contribution in [0.4, 0.5) is 0 Å². The van der Waals surface area contributed by atoms with Gasteiger partial charge in [0, 0.05) is 5.56 Å². The summed E-state index contributed by atoms with van der Waals surface area (Å²) in [5.74, 6) is 0.858. The first kappa shape index (κ1) is 12.1. The van der Waals surface area contributed by atoms with Crippen LogP contribution in [0.25, 0.3) is 11.3 Å². The fraction of sp³-hybridized carbons (Fsp3) is 0.0909. The van der Waals surface area contributed by atoms with Crippen molar-refractivity contribution >= 4 is 33.8 Å². The van der Waals surface area contributed by atoms with Crippen LogP contribution >= 0.6 is 27.5 Å². The zero-order valence-electron chi connectivity index (χ0n) is 8.83. The first-order chi connectivity index (χ1) is 8.15. The van der Waals surface area contributed by atoms with Crippen molar-refractivity contribution in [1.29, 1.82) is 0 Å². The van der Waals surface area contributed by atoms with Gasteiger partial charge >= 0.3 is 0 Å². The maximum Gasteiger partial charge on any atom is 0.185 e. The molecule has 0 fully saturated rings. The molecule has 0 amide bonds. The van der Waals surface area contributed by atoms with Crippen LogP contribution in [-0.2, 0) is 0 Å². The number of methoxy groups -OCH3 is 1. The number of imidazole rings is 1. The molecule has 0 bridgehead atoms. The SMILES string of the molecule is COc1ccc(-c2nc(C=O)[nH]c2Br)cc1Cl. The van der Waals surface area contributed by atoms with E-state index in [9.17, 15) is 4.79 Å². The van der Waals surface area contributed by atoms with Crippen LogP contribution in [0.1, 0.15) is 10.6 Å². The van der Waals surface area contributed by atoms with Crippen molar-refractivity contribution in [3.05, 3.63) is 33.6 Å². The summed E-state index contributed by atoms with van der Waals surface area (Å²) in [6, 6.07) is 5.30. The summed E-state index contributed by atoms with van der Waals surface area (Å²) in [5, 5.41) is 0.493. The first-order valence-electron chi connectivity index (χ1n) is 4.70. The van der Waals surface area contributed by atoms with E-state index in [1.807, 2.05) is 6.07 Å². The first-order valence-corrected chi connectivity index (χ1v) is 5.87. The Morgan fingerprint density at radius 1 is 1.53 bits per heavy atom. The van der Waals surface area contributed by atoms with E-state index >= 15 is 0 Å². The van der Waals surface area contributed by atoms with Crippen LogP contribution in [0.5, 0.6) is 5.75 Å². The Hall–Kier alpha value is -1.33. The molecule has 1 heterocycles. The van der Waals surface area contributed by atoms with Crippen molar-refractivity contribution < 1.29 is 9.53 Å². The molecular weight excluding hydrogens is 307 g/mol. The molecule has 0 atom stereocenters. The van der Waals surface area contributed by atoms with E-state index in [0.29, 0.717) is 27.4 Å². The molecule has 0 radical (unpaired) electrons. The van der Waals surface area contributed by atoms with Crippen LogP contribution < -0.4 is 4.74 Å². The molecule has 0 saturated heterocycles. The fourth-order valence-corrected chi connectivity index (χ4v) is 2.21. The molecule has 2 rings (SSSR count). The van der Waals surface area contributed by atoms with Gasteiger partial charge in [-0.15, -0.1) is 0 Å². The molecule has 2 aromatic rings. The van der Waals surface area contributed by atoms with Gasteiger partial charge in [-0.3, -0.25) is 4.79 Å². The predicted octanol–water partition coefficient (Wildman–Crippen LogP) is 3.31. The molecule has 1 N–H and O–H groups in total. The number of aromatic amines is 1. The Morgan fingerprint density at radius 3 is 2.82 bits per heavy atom. The number of H-pyrrole nitrogens is 1. The Labute approximate surface area is 111 Å². The monoisotopic (exact) mass is 314 g/mol. The van der Waals surface area contributed by atoms with E-state index in [-0.39, 0.29) is 5.82 Å². The number of carbonyl (C=O) groups excluding carboxylic acids is 1. The number of aldehydes is 1. The van der Waals surface area contributed by atoms with Gasteiger partial charge in [0.15, 0.2) is 12.1 Å². The third-order valence-corrected chi connectivity index (χ3v) is 3.08. The zero-order chi connectivity index (χ0) is 12.4. The van der Waals surface area contributed by atoms with Crippen molar-refractivity contribution in [2.45, 2.75) is 0 Å². The molecule has 88 valence electrons. The lowest BCUT2D eigenvalue weighted by molar-refractivity contribution is 0.111. The van der Waals surface area contributed by atoms with Crippen LogP contribution in [0, 0.1) is 0 Å². The number of nitrogens with one attached hydrogen (secondary N) is 1. The second-order valence-electron chi connectivity index (χ2n) is 3.25. The summed E-state index contributed by atoms with van der Waals surface area (Å²) in [6.07, 6.45) is 0.652. The standard InChI is InChI=1S/C11H8BrClN2O2/c1-17-8-3-2-6(4-7(8)13)10-11(12)15-9(5-16)14-10/h2-5H,1H3,(H,14,15). The second-order valence-corrected chi connectivity index (χ2v) is 4.45. The highest BCUT2D eigenvalue weighted by Gasteiger charge is 2.11. The van der Waals surface area contributed by atoms with Gasteiger partial charge in [0.25, 0.3) is 0 Å². The molecule has 0 spiro atoms. The van der Waals surface area contributed by atoms with Crippen LogP contribution in [0.15, 0.2) is 22.8 Å². The topological polar surface area (TPSA) is 55.0 Å². The van der Waals surface area contributed by atoms with E-state index in [2.05, 4.69) is 25.9 Å². The summed E-state index contributed by atoms with van der Waals surface area (Å²) < 4.78 is 5.70. The van der Waals surface area contributed by atoms with Gasteiger partial charge in [-0.2, -0.15) is 0 Å². The Kier molecular flexibility index (Phi) is 3.49. The zero-order valence-corrected chi connectivity index (χ0v) is 11.2. The van der Waals surface area contributed by atoms with E-state index < -0.39 is 0 Å². The Bertz CT molecular complexity index is 569. The smallest absolute Gasteiger partial charge is 0.185 e. The lowest BCUT2D eigenvalue weighted by atomic mass is 10.1. The molecule has 4 nitrogen and oxygen atoms in total. The lowest BCUT2D eigenvalue weighted by Gasteiger charge is -2.04. The fourth-order valence-electron chi connectivity index (χ4n) is 1.43. The highest BCUT2D eigenvalue weighted by molar-refractivity contribution is 9.10. The highest BCUT2D eigenvalue weighted by Crippen LogP contribution is 2.32. The van der Waals surface area contributed by atoms with Crippen LogP contribution in [0.2, 0.25) is 5.02 Å². The van der Waals surface area contributed by atoms with Crippen molar-refractivity contribution in [2.24, 2.45) is 0 Å². The number of rotatable bonds is 3. The molecule has 0 aliphatic carbocycles. The van der Waals surface area contributed by atoms with Crippen molar-refractivity contribution in [3.63, 3.8) is 0 Å². The third kappa shape index (κ3) is 2.35. The van der Waals surface area contributed by atoms with Gasteiger partial charge in [0.05, 0.1) is 12.1 Å². The number of carbonyl (C=O) groups is 1. The molecule has 0 saturated carbocycles. The minimum absolute atomic E-state index is 0.263. The number of aromatic nitrogens is 2. The normalized spacial score (nSPS) is 10.3. The Morgan fingerprint density at radius 2 is 2.29 bits per heavy atom. The van der Waals surface area contributed by atoms with Gasteiger partial charge in [-0.1, -0.05) is 11.6 Å². The van der Waals surface area contributed by atoms with Gasteiger partial charge in [0.2, 0.25) is 0 Å². The number of benzene rings is 1. The summed E-state index contributed by atoms with van der Waals surface area (Å²) in [4.78, 5) is 17.5. The molecule has 0 aliphatic heterocycles. The molecule has 17 heavy (non-hydrogen) atoms. The number of ether oxygens (including phenoxy) is 1. The number of hydrogen-bond acceptors (Lipinski definition) is 3. The predicted molar refractivity (Wildman–Crippen MR) is 68.7 cm³/mol. The van der Waals surface area contributed by atoms with E-state index in [4.69, 9.17) is 16.3 Å². The summed E-state index contributed by atoms with van der Waals surface area (Å²) >= 11 is 9.33.